The van der Waals surface area contributed by atoms with Crippen LogP contribution in [0.5, 0.6) is 0 Å². The third-order valence-corrected chi connectivity index (χ3v) is 4.70. The second-order valence-electron chi connectivity index (χ2n) is 6.05. The summed E-state index contributed by atoms with van der Waals surface area (Å²) in [6.45, 7) is 8.57. The van der Waals surface area contributed by atoms with Gasteiger partial charge in [0.1, 0.15) is 0 Å². The van der Waals surface area contributed by atoms with Crippen LogP contribution in [0, 0.1) is 0 Å². The molecule has 1 heterocycles. The van der Waals surface area contributed by atoms with Gasteiger partial charge in [-0.3, -0.25) is 4.79 Å². The van der Waals surface area contributed by atoms with E-state index < -0.39 is 6.04 Å². The number of benzene rings is 1. The molecule has 0 amide bonds. The molecule has 0 aliphatic carbocycles. The number of aromatic nitrogens is 1. The van der Waals surface area contributed by atoms with Crippen molar-refractivity contribution in [2.75, 3.05) is 6.54 Å². The lowest BCUT2D eigenvalue weighted by Gasteiger charge is -2.15. The summed E-state index contributed by atoms with van der Waals surface area (Å²) in [7, 11) is 0. The number of thiocarbonyl (C=S) groups is 1. The van der Waals surface area contributed by atoms with Crippen molar-refractivity contribution in [1.29, 1.82) is 0 Å². The highest BCUT2D eigenvalue weighted by atomic mass is 32.1. The molecule has 0 aliphatic rings. The van der Waals surface area contributed by atoms with Gasteiger partial charge in [-0.1, -0.05) is 62.5 Å². The Balaban J connectivity index is 2.31. The molecule has 0 saturated heterocycles. The smallest absolute Gasteiger partial charge is 0.270 e. The lowest BCUT2D eigenvalue weighted by molar-refractivity contribution is -0.692. The van der Waals surface area contributed by atoms with Crippen molar-refractivity contribution in [1.82, 2.24) is 5.32 Å². The summed E-state index contributed by atoms with van der Waals surface area (Å²) in [6, 6.07) is 13.0. The van der Waals surface area contributed by atoms with Crippen molar-refractivity contribution in [3.05, 3.63) is 78.6 Å². The van der Waals surface area contributed by atoms with E-state index in [0.717, 1.165) is 6.42 Å². The Labute approximate surface area is 155 Å². The van der Waals surface area contributed by atoms with E-state index in [1.54, 1.807) is 6.08 Å². The molecule has 1 N–H and O–H groups in total. The van der Waals surface area contributed by atoms with E-state index in [9.17, 15) is 4.79 Å². The van der Waals surface area contributed by atoms with Gasteiger partial charge >= 0.3 is 0 Å². The van der Waals surface area contributed by atoms with Crippen LogP contribution in [0.2, 0.25) is 0 Å². The first-order valence-corrected chi connectivity index (χ1v) is 8.97. The van der Waals surface area contributed by atoms with Crippen LogP contribution in [0.1, 0.15) is 48.1 Å². The average molecular weight is 354 g/mol. The van der Waals surface area contributed by atoms with Gasteiger partial charge in [0.05, 0.1) is 0 Å². The predicted octanol–water partition coefficient (Wildman–Crippen LogP) is 4.01. The van der Waals surface area contributed by atoms with Gasteiger partial charge in [0.25, 0.3) is 6.04 Å². The summed E-state index contributed by atoms with van der Waals surface area (Å²) in [5.41, 5.74) is 1.91. The fourth-order valence-corrected chi connectivity index (χ4v) is 2.92. The third-order valence-electron chi connectivity index (χ3n) is 4.33. The van der Waals surface area contributed by atoms with Crippen molar-refractivity contribution < 1.29 is 9.36 Å². The van der Waals surface area contributed by atoms with Gasteiger partial charge in [-0.2, -0.15) is 4.57 Å². The Bertz CT molecular complexity index is 725. The molecule has 3 nitrogen and oxygen atoms in total. The lowest BCUT2D eigenvalue weighted by Crippen LogP contribution is -2.51. The fraction of sp³-hybridized carbons (Fsp3) is 0.286. The van der Waals surface area contributed by atoms with E-state index in [1.165, 1.54) is 5.56 Å². The van der Waals surface area contributed by atoms with Gasteiger partial charge in [-0.25, -0.2) is 0 Å². The van der Waals surface area contributed by atoms with Crippen molar-refractivity contribution >= 4 is 23.0 Å². The number of hydrogen-bond acceptors (Lipinski definition) is 2. The van der Waals surface area contributed by atoms with Crippen molar-refractivity contribution in [3.8, 4) is 0 Å². The number of hydrogen-bond donors (Lipinski definition) is 1. The van der Waals surface area contributed by atoms with Crippen LogP contribution in [-0.2, 0) is 0 Å². The Morgan fingerprint density at radius 1 is 1.24 bits per heavy atom. The Morgan fingerprint density at radius 3 is 2.44 bits per heavy atom. The number of carbonyl (C=O) groups excluding carboxylic acids is 1. The monoisotopic (exact) mass is 353 g/mol. The minimum atomic E-state index is -0.564. The van der Waals surface area contributed by atoms with Gasteiger partial charge in [0, 0.05) is 24.2 Å². The average Bonchev–Trinajstić information content (AvgIpc) is 2.66. The summed E-state index contributed by atoms with van der Waals surface area (Å²) in [5, 5.41) is 3.09. The maximum Gasteiger partial charge on any atom is 0.270 e. The summed E-state index contributed by atoms with van der Waals surface area (Å²) in [4.78, 5) is 13.6. The standard InChI is InChI=1S/C21H24N2OS/c1-4-13-22-21(25)19(23-14-7-6-8-15-23)20(24)18-11-9-17(10-12-18)16(3)5-2/h4,6-12,14-16,19H,1,5,13H2,2-3H3/p+1/t16-,19+/m0/s1. The van der Waals surface area contributed by atoms with Crippen LogP contribution in [0.25, 0.3) is 0 Å². The topological polar surface area (TPSA) is 33.0 Å². The highest BCUT2D eigenvalue weighted by Crippen LogP contribution is 2.20. The van der Waals surface area contributed by atoms with Gasteiger partial charge in [-0.05, 0) is 17.9 Å². The van der Waals surface area contributed by atoms with Gasteiger partial charge < -0.3 is 5.32 Å². The van der Waals surface area contributed by atoms with Crippen molar-refractivity contribution in [2.45, 2.75) is 32.2 Å². The molecule has 1 aromatic heterocycles. The van der Waals surface area contributed by atoms with E-state index in [-0.39, 0.29) is 5.78 Å². The van der Waals surface area contributed by atoms with E-state index in [2.05, 4.69) is 25.7 Å². The molecule has 2 rings (SSSR count). The largest absolute Gasteiger partial charge is 0.370 e. The molecule has 0 saturated carbocycles. The Morgan fingerprint density at radius 2 is 1.88 bits per heavy atom. The zero-order chi connectivity index (χ0) is 18.2. The highest BCUT2D eigenvalue weighted by Gasteiger charge is 2.32. The molecule has 1 aromatic carbocycles. The van der Waals surface area contributed by atoms with Crippen LogP contribution >= 0.6 is 12.2 Å². The molecule has 0 spiro atoms. The van der Waals surface area contributed by atoms with E-state index in [1.807, 2.05) is 59.4 Å². The summed E-state index contributed by atoms with van der Waals surface area (Å²) < 4.78 is 1.84. The quantitative estimate of drug-likeness (QED) is 0.337. The van der Waals surface area contributed by atoms with E-state index in [4.69, 9.17) is 12.2 Å². The SMILES string of the molecule is C=CCNC(=S)[C@@H](C(=O)c1ccc([C@@H](C)CC)cc1)[n+]1ccccc1. The molecular formula is C21H25N2OS+. The van der Waals surface area contributed by atoms with E-state index >= 15 is 0 Å². The first-order valence-electron chi connectivity index (χ1n) is 8.57. The molecule has 0 unspecified atom stereocenters. The number of rotatable bonds is 8. The Kier molecular flexibility index (Phi) is 7.02. The second kappa shape index (κ2) is 9.23. The van der Waals surface area contributed by atoms with Gasteiger partial charge in [-0.15, -0.1) is 6.58 Å². The number of carbonyl (C=O) groups is 1. The maximum atomic E-state index is 13.1. The van der Waals surface area contributed by atoms with Crippen molar-refractivity contribution in [3.63, 3.8) is 0 Å². The van der Waals surface area contributed by atoms with E-state index in [0.29, 0.717) is 23.0 Å². The van der Waals surface area contributed by atoms with Crippen LogP contribution in [0.15, 0.2) is 67.5 Å². The maximum absolute atomic E-state index is 13.1. The predicted molar refractivity (Wildman–Crippen MR) is 106 cm³/mol. The zero-order valence-electron chi connectivity index (χ0n) is 14.8. The highest BCUT2D eigenvalue weighted by molar-refractivity contribution is 7.80. The van der Waals surface area contributed by atoms with Gasteiger partial charge in [0.2, 0.25) is 5.78 Å². The molecule has 0 bridgehead atoms. The normalized spacial score (nSPS) is 12.9. The van der Waals surface area contributed by atoms with Crippen LogP contribution < -0.4 is 9.88 Å². The van der Waals surface area contributed by atoms with Crippen molar-refractivity contribution in [2.24, 2.45) is 0 Å². The van der Waals surface area contributed by atoms with Crippen LogP contribution in [0.4, 0.5) is 0 Å². The first-order chi connectivity index (χ1) is 12.1. The number of ketones is 1. The molecule has 2 atom stereocenters. The zero-order valence-corrected chi connectivity index (χ0v) is 15.6. The first kappa shape index (κ1) is 19.0. The number of nitrogens with zero attached hydrogens (tertiary/aromatic N) is 1. The Hall–Kier alpha value is -2.33. The number of nitrogens with one attached hydrogen (secondary N) is 1. The molecule has 4 heteroatoms. The number of pyridine rings is 1. The fourth-order valence-electron chi connectivity index (χ4n) is 2.61. The minimum Gasteiger partial charge on any atom is -0.370 e. The number of Topliss-reactive ketones (excluding diaryl/α,β-unsaturated/α-hetero) is 1. The van der Waals surface area contributed by atoms with Crippen LogP contribution in [0.3, 0.4) is 0 Å². The van der Waals surface area contributed by atoms with Crippen LogP contribution in [-0.4, -0.2) is 17.3 Å². The molecule has 0 radical (unpaired) electrons. The molecule has 0 fully saturated rings. The second-order valence-corrected chi connectivity index (χ2v) is 6.49. The lowest BCUT2D eigenvalue weighted by atomic mass is 9.95. The molecule has 25 heavy (non-hydrogen) atoms. The summed E-state index contributed by atoms with van der Waals surface area (Å²) >= 11 is 5.48. The van der Waals surface area contributed by atoms with Gasteiger partial charge in [0.15, 0.2) is 17.4 Å². The molecule has 0 aliphatic heterocycles. The molecular weight excluding hydrogens is 328 g/mol. The molecule has 2 aromatic rings. The third kappa shape index (κ3) is 4.83. The minimum absolute atomic E-state index is 0.0199. The molecule has 130 valence electrons. The summed E-state index contributed by atoms with van der Waals surface area (Å²) in [6.07, 6.45) is 6.52. The summed E-state index contributed by atoms with van der Waals surface area (Å²) in [5.74, 6) is 0.465.